The van der Waals surface area contributed by atoms with Crippen LogP contribution >= 0.6 is 24.0 Å². The molecule has 0 fully saturated rings. The summed E-state index contributed by atoms with van der Waals surface area (Å²) in [5.74, 6) is 0.751. The first kappa shape index (κ1) is 9.07. The van der Waals surface area contributed by atoms with E-state index >= 15 is 0 Å². The maximum atomic E-state index is 4.44. The van der Waals surface area contributed by atoms with E-state index in [4.69, 9.17) is 0 Å². The van der Waals surface area contributed by atoms with Crippen molar-refractivity contribution in [3.63, 3.8) is 0 Å². The van der Waals surface area contributed by atoms with E-state index in [-0.39, 0.29) is 5.41 Å². The van der Waals surface area contributed by atoms with Crippen LogP contribution < -0.4 is 0 Å². The van der Waals surface area contributed by atoms with Crippen LogP contribution in [0, 0.1) is 0 Å². The molecule has 0 atom stereocenters. The Morgan fingerprint density at radius 1 is 1.55 bits per heavy atom. The molecule has 1 aromatic heterocycles. The first-order chi connectivity index (χ1) is 5.04. The normalized spacial score (nSPS) is 12.0. The first-order valence-corrected chi connectivity index (χ1v) is 5.11. The molecule has 1 nitrogen and oxygen atoms in total. The van der Waals surface area contributed by atoms with Gasteiger partial charge in [-0.05, 0) is 0 Å². The van der Waals surface area contributed by atoms with E-state index in [2.05, 4.69) is 43.8 Å². The van der Waals surface area contributed by atoms with Crippen LogP contribution in [0.5, 0.6) is 0 Å². The Kier molecular flexibility index (Phi) is 2.60. The minimum absolute atomic E-state index is 0.178. The van der Waals surface area contributed by atoms with Crippen molar-refractivity contribution in [2.24, 2.45) is 0 Å². The summed E-state index contributed by atoms with van der Waals surface area (Å²) in [6, 6.07) is 0. The Morgan fingerprint density at radius 3 is 2.45 bits per heavy atom. The van der Waals surface area contributed by atoms with Crippen molar-refractivity contribution in [2.45, 2.75) is 31.9 Å². The fraction of sp³-hybridized carbons (Fsp3) is 0.625. The predicted octanol–water partition coefficient (Wildman–Crippen LogP) is 2.87. The van der Waals surface area contributed by atoms with Crippen molar-refractivity contribution in [3.05, 3.63) is 16.1 Å². The molecule has 0 N–H and O–H groups in total. The van der Waals surface area contributed by atoms with E-state index in [1.54, 1.807) is 11.3 Å². The van der Waals surface area contributed by atoms with Gasteiger partial charge >= 0.3 is 0 Å². The van der Waals surface area contributed by atoms with Gasteiger partial charge in [0.1, 0.15) is 5.01 Å². The van der Waals surface area contributed by atoms with E-state index in [9.17, 15) is 0 Å². The average molecular weight is 187 g/mol. The van der Waals surface area contributed by atoms with Crippen molar-refractivity contribution in [1.82, 2.24) is 4.98 Å². The van der Waals surface area contributed by atoms with Gasteiger partial charge in [-0.3, -0.25) is 0 Å². The maximum Gasteiger partial charge on any atom is 0.102 e. The number of rotatable bonds is 1. The summed E-state index contributed by atoms with van der Waals surface area (Å²) in [4.78, 5) is 4.44. The van der Waals surface area contributed by atoms with Gasteiger partial charge in [0, 0.05) is 16.5 Å². The third-order valence-electron chi connectivity index (χ3n) is 1.46. The summed E-state index contributed by atoms with van der Waals surface area (Å²) in [5, 5.41) is 3.23. The molecule has 0 radical (unpaired) electrons. The molecule has 0 amide bonds. The van der Waals surface area contributed by atoms with Crippen molar-refractivity contribution in [3.8, 4) is 0 Å². The highest BCUT2D eigenvalue weighted by Crippen LogP contribution is 2.24. The predicted molar refractivity (Wildman–Crippen MR) is 53.5 cm³/mol. The largest absolute Gasteiger partial charge is 0.245 e. The molecule has 1 heterocycles. The Hall–Kier alpha value is -0.0200. The lowest BCUT2D eigenvalue weighted by Crippen LogP contribution is -2.11. The zero-order valence-electron chi connectivity index (χ0n) is 7.09. The Morgan fingerprint density at radius 2 is 2.18 bits per heavy atom. The number of thiol groups is 1. The van der Waals surface area contributed by atoms with Crippen LogP contribution in [-0.4, -0.2) is 4.98 Å². The standard InChI is InChI=1S/C8H13NS2/c1-8(2,3)6-5-11-7(4-10)9-6/h5,10H,4H2,1-3H3. The average Bonchev–Trinajstić information content (AvgIpc) is 2.32. The van der Waals surface area contributed by atoms with Crippen LogP contribution in [0.1, 0.15) is 31.5 Å². The molecule has 0 spiro atoms. The molecule has 0 aliphatic rings. The fourth-order valence-electron chi connectivity index (χ4n) is 0.728. The third-order valence-corrected chi connectivity index (χ3v) is 2.82. The molecule has 1 rings (SSSR count). The van der Waals surface area contributed by atoms with Crippen LogP contribution in [0.25, 0.3) is 0 Å². The van der Waals surface area contributed by atoms with E-state index in [0.717, 1.165) is 10.8 Å². The molecule has 0 saturated carbocycles. The second-order valence-corrected chi connectivity index (χ2v) is 4.79. The minimum Gasteiger partial charge on any atom is -0.245 e. The van der Waals surface area contributed by atoms with Crippen molar-refractivity contribution < 1.29 is 0 Å². The van der Waals surface area contributed by atoms with Gasteiger partial charge in [0.15, 0.2) is 0 Å². The molecule has 0 aliphatic carbocycles. The number of aromatic nitrogens is 1. The van der Waals surface area contributed by atoms with Gasteiger partial charge in [-0.15, -0.1) is 11.3 Å². The van der Waals surface area contributed by atoms with Gasteiger partial charge in [0.2, 0.25) is 0 Å². The SMILES string of the molecule is CC(C)(C)c1csc(CS)n1. The summed E-state index contributed by atoms with van der Waals surface area (Å²) in [5.41, 5.74) is 1.35. The van der Waals surface area contributed by atoms with Gasteiger partial charge in [0.25, 0.3) is 0 Å². The quantitative estimate of drug-likeness (QED) is 0.667. The minimum atomic E-state index is 0.178. The molecule has 62 valence electrons. The molecular formula is C8H13NS2. The number of hydrogen-bond acceptors (Lipinski definition) is 3. The van der Waals surface area contributed by atoms with Gasteiger partial charge in [-0.1, -0.05) is 20.8 Å². The van der Waals surface area contributed by atoms with Crippen LogP contribution in [0.3, 0.4) is 0 Å². The summed E-state index contributed by atoms with van der Waals surface area (Å²) in [7, 11) is 0. The van der Waals surface area contributed by atoms with Gasteiger partial charge in [-0.25, -0.2) is 4.98 Å². The summed E-state index contributed by atoms with van der Waals surface area (Å²) in [6.07, 6.45) is 0. The van der Waals surface area contributed by atoms with E-state index in [1.807, 2.05) is 0 Å². The fourth-order valence-corrected chi connectivity index (χ4v) is 1.90. The molecule has 0 unspecified atom stereocenters. The molecule has 0 aromatic carbocycles. The zero-order chi connectivity index (χ0) is 8.48. The first-order valence-electron chi connectivity index (χ1n) is 3.60. The maximum absolute atomic E-state index is 4.44. The van der Waals surface area contributed by atoms with Crippen molar-refractivity contribution >= 4 is 24.0 Å². The Balaban J connectivity index is 2.89. The van der Waals surface area contributed by atoms with Gasteiger partial charge in [-0.2, -0.15) is 12.6 Å². The molecule has 3 heteroatoms. The van der Waals surface area contributed by atoms with E-state index in [0.29, 0.717) is 0 Å². The molecule has 0 saturated heterocycles. The Bertz CT molecular complexity index is 234. The molecule has 0 bridgehead atoms. The second kappa shape index (κ2) is 3.15. The van der Waals surface area contributed by atoms with Crippen LogP contribution in [0.4, 0.5) is 0 Å². The lowest BCUT2D eigenvalue weighted by Gasteiger charge is -2.13. The number of hydrogen-bond donors (Lipinski definition) is 1. The van der Waals surface area contributed by atoms with Crippen molar-refractivity contribution in [2.75, 3.05) is 0 Å². The van der Waals surface area contributed by atoms with E-state index < -0.39 is 0 Å². The smallest absolute Gasteiger partial charge is 0.102 e. The van der Waals surface area contributed by atoms with Gasteiger partial charge in [0.05, 0.1) is 5.69 Å². The third kappa shape index (κ3) is 2.20. The van der Waals surface area contributed by atoms with Crippen LogP contribution in [0.15, 0.2) is 5.38 Å². The zero-order valence-corrected chi connectivity index (χ0v) is 8.80. The van der Waals surface area contributed by atoms with Gasteiger partial charge < -0.3 is 0 Å². The topological polar surface area (TPSA) is 12.9 Å². The highest BCUT2D eigenvalue weighted by molar-refractivity contribution is 7.79. The van der Waals surface area contributed by atoms with Crippen molar-refractivity contribution in [1.29, 1.82) is 0 Å². The second-order valence-electron chi connectivity index (χ2n) is 3.53. The van der Waals surface area contributed by atoms with E-state index in [1.165, 1.54) is 5.69 Å². The van der Waals surface area contributed by atoms with Crippen LogP contribution in [-0.2, 0) is 11.2 Å². The molecular weight excluding hydrogens is 174 g/mol. The summed E-state index contributed by atoms with van der Waals surface area (Å²) >= 11 is 5.86. The molecule has 0 aliphatic heterocycles. The lowest BCUT2D eigenvalue weighted by atomic mass is 9.93. The van der Waals surface area contributed by atoms with Crippen LogP contribution in [0.2, 0.25) is 0 Å². The summed E-state index contributed by atoms with van der Waals surface area (Å²) < 4.78 is 0. The molecule has 1 aromatic rings. The monoisotopic (exact) mass is 187 g/mol. The molecule has 11 heavy (non-hydrogen) atoms. The summed E-state index contributed by atoms with van der Waals surface area (Å²) in [6.45, 7) is 6.51. The highest BCUT2D eigenvalue weighted by Gasteiger charge is 2.16. The number of nitrogens with zero attached hydrogens (tertiary/aromatic N) is 1. The lowest BCUT2D eigenvalue weighted by molar-refractivity contribution is 0.572. The highest BCUT2D eigenvalue weighted by atomic mass is 32.1. The Labute approximate surface area is 77.3 Å². The number of thiazole rings is 1.